The Kier molecular flexibility index (Phi) is 6.66. The van der Waals surface area contributed by atoms with E-state index in [4.69, 9.17) is 21.1 Å². The highest BCUT2D eigenvalue weighted by atomic mass is 35.5. The zero-order chi connectivity index (χ0) is 20.1. The molecule has 1 aliphatic rings. The minimum absolute atomic E-state index is 0.155. The second-order valence-corrected chi connectivity index (χ2v) is 6.95. The Bertz CT molecular complexity index is 909. The van der Waals surface area contributed by atoms with Gasteiger partial charge in [-0.25, -0.2) is 4.98 Å². The number of halogens is 1. The molecular formula is C19H23ClN4O4. The molecule has 28 heavy (non-hydrogen) atoms. The van der Waals surface area contributed by atoms with Gasteiger partial charge in [0.2, 0.25) is 11.9 Å². The van der Waals surface area contributed by atoms with Gasteiger partial charge in [-0.05, 0) is 24.6 Å². The topological polar surface area (TPSA) is 85.7 Å². The van der Waals surface area contributed by atoms with E-state index in [-0.39, 0.29) is 24.6 Å². The zero-order valence-corrected chi connectivity index (χ0v) is 16.7. The van der Waals surface area contributed by atoms with Crippen LogP contribution in [0.1, 0.15) is 11.3 Å². The van der Waals surface area contributed by atoms with Crippen molar-refractivity contribution in [2.24, 2.45) is 0 Å². The van der Waals surface area contributed by atoms with Crippen molar-refractivity contribution < 1.29 is 14.3 Å². The summed E-state index contributed by atoms with van der Waals surface area (Å²) in [6.45, 7) is 4.21. The summed E-state index contributed by atoms with van der Waals surface area (Å²) in [5.74, 6) is 0.115. The van der Waals surface area contributed by atoms with Crippen LogP contribution < -0.4 is 15.8 Å². The smallest absolute Gasteiger partial charge is 0.255 e. The van der Waals surface area contributed by atoms with Crippen LogP contribution in [-0.4, -0.2) is 48.9 Å². The summed E-state index contributed by atoms with van der Waals surface area (Å²) in [6, 6.07) is 6.65. The van der Waals surface area contributed by atoms with Crippen molar-refractivity contribution in [3.63, 3.8) is 0 Å². The molecule has 3 rings (SSSR count). The van der Waals surface area contributed by atoms with E-state index >= 15 is 0 Å². The van der Waals surface area contributed by atoms with Crippen molar-refractivity contribution in [1.82, 2.24) is 9.55 Å². The number of carbonyl (C=O) groups excluding carboxylic acids is 1. The van der Waals surface area contributed by atoms with Crippen LogP contribution in [0.5, 0.6) is 0 Å². The van der Waals surface area contributed by atoms with Crippen molar-refractivity contribution in [3.05, 3.63) is 50.9 Å². The van der Waals surface area contributed by atoms with Gasteiger partial charge in [0, 0.05) is 37.0 Å². The third-order valence-electron chi connectivity index (χ3n) is 4.40. The third kappa shape index (κ3) is 4.89. The number of morpholine rings is 1. The normalized spacial score (nSPS) is 14.2. The average Bonchev–Trinajstić information content (AvgIpc) is 2.67. The molecule has 0 bridgehead atoms. The third-order valence-corrected chi connectivity index (χ3v) is 4.64. The molecule has 1 amide bonds. The summed E-state index contributed by atoms with van der Waals surface area (Å²) < 4.78 is 11.9. The van der Waals surface area contributed by atoms with Crippen LogP contribution in [-0.2, 0) is 27.4 Å². The summed E-state index contributed by atoms with van der Waals surface area (Å²) in [7, 11) is 1.54. The quantitative estimate of drug-likeness (QED) is 0.787. The van der Waals surface area contributed by atoms with Crippen LogP contribution in [0.3, 0.4) is 0 Å². The van der Waals surface area contributed by atoms with Gasteiger partial charge >= 0.3 is 0 Å². The van der Waals surface area contributed by atoms with Crippen LogP contribution >= 0.6 is 11.6 Å². The molecule has 0 radical (unpaired) electrons. The van der Waals surface area contributed by atoms with Crippen molar-refractivity contribution in [1.29, 1.82) is 0 Å². The number of nitrogens with zero attached hydrogens (tertiary/aromatic N) is 3. The van der Waals surface area contributed by atoms with Crippen LogP contribution in [0.4, 0.5) is 11.6 Å². The molecule has 1 aromatic carbocycles. The molecule has 0 atom stereocenters. The first-order chi connectivity index (χ1) is 13.5. The SMILES string of the molecule is COCc1cc(=O)n(CC(=O)Nc2cc(Cl)ccc2C)c(N2CCOCC2)n1. The van der Waals surface area contributed by atoms with E-state index in [9.17, 15) is 9.59 Å². The molecule has 150 valence electrons. The standard InChI is InChI=1S/C19H23ClN4O4/c1-13-3-4-14(20)9-16(13)22-17(25)11-24-18(26)10-15(12-27-2)21-19(24)23-5-7-28-8-6-23/h3-4,9-10H,5-8,11-12H2,1-2H3,(H,22,25). The Morgan fingerprint density at radius 3 is 2.79 bits per heavy atom. The molecule has 8 nitrogen and oxygen atoms in total. The molecule has 2 heterocycles. The van der Waals surface area contributed by atoms with E-state index in [2.05, 4.69) is 10.3 Å². The average molecular weight is 407 g/mol. The minimum Gasteiger partial charge on any atom is -0.378 e. The molecule has 2 aromatic rings. The van der Waals surface area contributed by atoms with E-state index in [0.717, 1.165) is 5.56 Å². The molecule has 9 heteroatoms. The van der Waals surface area contributed by atoms with Gasteiger partial charge in [-0.3, -0.25) is 14.2 Å². The lowest BCUT2D eigenvalue weighted by atomic mass is 10.2. The number of carbonyl (C=O) groups is 1. The number of rotatable bonds is 6. The summed E-state index contributed by atoms with van der Waals surface area (Å²) in [6.07, 6.45) is 0. The number of hydrogen-bond acceptors (Lipinski definition) is 6. The van der Waals surface area contributed by atoms with Crippen molar-refractivity contribution in [2.45, 2.75) is 20.1 Å². The Labute approximate surface area is 168 Å². The highest BCUT2D eigenvalue weighted by Crippen LogP contribution is 2.20. The van der Waals surface area contributed by atoms with E-state index in [1.54, 1.807) is 19.2 Å². The summed E-state index contributed by atoms with van der Waals surface area (Å²) >= 11 is 6.01. The van der Waals surface area contributed by atoms with Crippen molar-refractivity contribution in [2.75, 3.05) is 43.6 Å². The van der Waals surface area contributed by atoms with Gasteiger partial charge in [-0.2, -0.15) is 0 Å². The molecule has 1 fully saturated rings. The largest absolute Gasteiger partial charge is 0.378 e. The fourth-order valence-corrected chi connectivity index (χ4v) is 3.15. The predicted molar refractivity (Wildman–Crippen MR) is 107 cm³/mol. The van der Waals surface area contributed by atoms with Gasteiger partial charge in [-0.15, -0.1) is 0 Å². The first kappa shape index (κ1) is 20.3. The molecular weight excluding hydrogens is 384 g/mol. The van der Waals surface area contributed by atoms with E-state index in [0.29, 0.717) is 48.7 Å². The van der Waals surface area contributed by atoms with Gasteiger partial charge in [0.1, 0.15) is 6.54 Å². The second-order valence-electron chi connectivity index (χ2n) is 6.51. The van der Waals surface area contributed by atoms with Gasteiger partial charge in [0.05, 0.1) is 25.5 Å². The van der Waals surface area contributed by atoms with Gasteiger partial charge in [0.25, 0.3) is 5.56 Å². The second kappa shape index (κ2) is 9.18. The number of amides is 1. The number of hydrogen-bond donors (Lipinski definition) is 1. The van der Waals surface area contributed by atoms with Crippen LogP contribution in [0.25, 0.3) is 0 Å². The zero-order valence-electron chi connectivity index (χ0n) is 15.9. The summed E-state index contributed by atoms with van der Waals surface area (Å²) in [5, 5.41) is 3.34. The number of aryl methyl sites for hydroxylation is 1. The van der Waals surface area contributed by atoms with Gasteiger partial charge in [-0.1, -0.05) is 17.7 Å². The highest BCUT2D eigenvalue weighted by Gasteiger charge is 2.20. The molecule has 0 saturated carbocycles. The maximum atomic E-state index is 12.7. The molecule has 0 aliphatic carbocycles. The fourth-order valence-electron chi connectivity index (χ4n) is 2.98. The Morgan fingerprint density at radius 1 is 1.32 bits per heavy atom. The first-order valence-corrected chi connectivity index (χ1v) is 9.34. The lowest BCUT2D eigenvalue weighted by Gasteiger charge is -2.29. The Hall–Kier alpha value is -2.42. The van der Waals surface area contributed by atoms with Gasteiger partial charge < -0.3 is 19.7 Å². The first-order valence-electron chi connectivity index (χ1n) is 8.96. The Balaban J connectivity index is 1.88. The molecule has 0 unspecified atom stereocenters. The van der Waals surface area contributed by atoms with E-state index < -0.39 is 0 Å². The molecule has 1 N–H and O–H groups in total. The lowest BCUT2D eigenvalue weighted by Crippen LogP contribution is -2.42. The predicted octanol–water partition coefficient (Wildman–Crippen LogP) is 1.83. The minimum atomic E-state index is -0.330. The number of nitrogens with one attached hydrogen (secondary N) is 1. The fraction of sp³-hybridized carbons (Fsp3) is 0.421. The number of ether oxygens (including phenoxy) is 2. The van der Waals surface area contributed by atoms with Crippen molar-refractivity contribution >= 4 is 29.1 Å². The molecule has 0 spiro atoms. The lowest BCUT2D eigenvalue weighted by molar-refractivity contribution is -0.116. The maximum absolute atomic E-state index is 12.7. The number of aromatic nitrogens is 2. The van der Waals surface area contributed by atoms with Crippen LogP contribution in [0.15, 0.2) is 29.1 Å². The summed E-state index contributed by atoms with van der Waals surface area (Å²) in [5.41, 5.74) is 1.72. The van der Waals surface area contributed by atoms with E-state index in [1.165, 1.54) is 10.6 Å². The Morgan fingerprint density at radius 2 is 2.07 bits per heavy atom. The monoisotopic (exact) mass is 406 g/mol. The molecule has 1 aromatic heterocycles. The van der Waals surface area contributed by atoms with E-state index in [1.807, 2.05) is 17.9 Å². The summed E-state index contributed by atoms with van der Waals surface area (Å²) in [4.78, 5) is 31.8. The molecule has 1 aliphatic heterocycles. The van der Waals surface area contributed by atoms with Crippen LogP contribution in [0.2, 0.25) is 5.02 Å². The maximum Gasteiger partial charge on any atom is 0.255 e. The number of methoxy groups -OCH3 is 1. The highest BCUT2D eigenvalue weighted by molar-refractivity contribution is 6.31. The number of benzene rings is 1. The molecule has 1 saturated heterocycles. The number of anilines is 2. The van der Waals surface area contributed by atoms with Crippen molar-refractivity contribution in [3.8, 4) is 0 Å². The van der Waals surface area contributed by atoms with Crippen LogP contribution in [0, 0.1) is 6.92 Å². The van der Waals surface area contributed by atoms with Gasteiger partial charge in [0.15, 0.2) is 0 Å².